The van der Waals surface area contributed by atoms with E-state index in [9.17, 15) is 0 Å². The Labute approximate surface area is 116 Å². The van der Waals surface area contributed by atoms with Crippen molar-refractivity contribution in [2.75, 3.05) is 6.54 Å². The van der Waals surface area contributed by atoms with Crippen molar-refractivity contribution in [3.05, 3.63) is 40.3 Å². The lowest BCUT2D eigenvalue weighted by atomic mass is 10.1. The molecule has 0 aliphatic heterocycles. The molecule has 1 N–H and O–H groups in total. The number of aromatic nitrogens is 1. The van der Waals surface area contributed by atoms with E-state index < -0.39 is 0 Å². The summed E-state index contributed by atoms with van der Waals surface area (Å²) in [6, 6.07) is 6.28. The molecule has 1 heterocycles. The predicted molar refractivity (Wildman–Crippen MR) is 76.5 cm³/mol. The predicted octanol–water partition coefficient (Wildman–Crippen LogP) is 4.08. The average molecular weight is 309 g/mol. The number of aryl methyl sites for hydroxylation is 1. The number of nitrogens with zero attached hydrogens (tertiary/aromatic N) is 1. The fourth-order valence-electron chi connectivity index (χ4n) is 1.87. The van der Waals surface area contributed by atoms with Gasteiger partial charge in [-0.15, -0.1) is 0 Å². The fraction of sp³-hybridized carbons (Fsp3) is 0.357. The van der Waals surface area contributed by atoms with Gasteiger partial charge in [-0.1, -0.05) is 28.9 Å². The summed E-state index contributed by atoms with van der Waals surface area (Å²) in [5.41, 5.74) is 2.25. The Hall–Kier alpha value is -1.13. The molecule has 1 atom stereocenters. The SMILES string of the molecule is CCNC(C)c1ncc(-c2cc(Br)ccc2C)o1. The van der Waals surface area contributed by atoms with Crippen molar-refractivity contribution in [3.63, 3.8) is 0 Å². The third kappa shape index (κ3) is 2.82. The Bertz CT molecular complexity index is 536. The van der Waals surface area contributed by atoms with E-state index in [0.717, 1.165) is 28.2 Å². The molecular formula is C14H17BrN2O. The normalized spacial score (nSPS) is 12.7. The summed E-state index contributed by atoms with van der Waals surface area (Å²) in [5, 5.41) is 3.29. The molecule has 0 amide bonds. The molecule has 4 heteroatoms. The lowest BCUT2D eigenvalue weighted by molar-refractivity contribution is 0.429. The summed E-state index contributed by atoms with van der Waals surface area (Å²) in [6.45, 7) is 7.08. The van der Waals surface area contributed by atoms with Crippen LogP contribution >= 0.6 is 15.9 Å². The first kappa shape index (κ1) is 13.3. The van der Waals surface area contributed by atoms with Crippen molar-refractivity contribution in [2.24, 2.45) is 0 Å². The quantitative estimate of drug-likeness (QED) is 0.924. The zero-order chi connectivity index (χ0) is 13.1. The lowest BCUT2D eigenvalue weighted by Crippen LogP contribution is -2.17. The molecule has 0 aliphatic rings. The summed E-state index contributed by atoms with van der Waals surface area (Å²) in [4.78, 5) is 4.34. The topological polar surface area (TPSA) is 38.1 Å². The van der Waals surface area contributed by atoms with Crippen LogP contribution in [0.15, 0.2) is 33.3 Å². The summed E-state index contributed by atoms with van der Waals surface area (Å²) in [6.07, 6.45) is 1.79. The number of hydrogen-bond donors (Lipinski definition) is 1. The van der Waals surface area contributed by atoms with Crippen LogP contribution in [0.4, 0.5) is 0 Å². The molecule has 0 aliphatic carbocycles. The standard InChI is InChI=1S/C14H17BrN2O/c1-4-16-10(3)14-17-8-13(18-14)12-7-11(15)6-5-9(12)2/h5-8,10,16H,4H2,1-3H3. The van der Waals surface area contributed by atoms with Gasteiger partial charge in [-0.25, -0.2) is 4.98 Å². The minimum Gasteiger partial charge on any atom is -0.439 e. The molecule has 18 heavy (non-hydrogen) atoms. The molecule has 2 aromatic rings. The second-order valence-corrected chi connectivity index (χ2v) is 5.22. The lowest BCUT2D eigenvalue weighted by Gasteiger charge is -2.07. The minimum absolute atomic E-state index is 0.135. The molecule has 1 aromatic carbocycles. The van der Waals surface area contributed by atoms with Gasteiger partial charge >= 0.3 is 0 Å². The number of halogens is 1. The zero-order valence-electron chi connectivity index (χ0n) is 10.8. The highest BCUT2D eigenvalue weighted by atomic mass is 79.9. The second kappa shape index (κ2) is 5.67. The molecule has 0 saturated carbocycles. The summed E-state index contributed by atoms with van der Waals surface area (Å²) >= 11 is 3.48. The van der Waals surface area contributed by atoms with Crippen molar-refractivity contribution < 1.29 is 4.42 Å². The monoisotopic (exact) mass is 308 g/mol. The van der Waals surface area contributed by atoms with Gasteiger partial charge in [-0.2, -0.15) is 0 Å². The largest absolute Gasteiger partial charge is 0.439 e. The van der Waals surface area contributed by atoms with Gasteiger partial charge in [-0.05, 0) is 38.1 Å². The van der Waals surface area contributed by atoms with Crippen LogP contribution in [-0.4, -0.2) is 11.5 Å². The van der Waals surface area contributed by atoms with Crippen LogP contribution in [0.25, 0.3) is 11.3 Å². The van der Waals surface area contributed by atoms with Gasteiger partial charge in [0.05, 0.1) is 12.2 Å². The third-order valence-corrected chi connectivity index (χ3v) is 3.36. The molecule has 3 nitrogen and oxygen atoms in total. The van der Waals surface area contributed by atoms with Crippen LogP contribution in [0.3, 0.4) is 0 Å². The molecule has 96 valence electrons. The maximum atomic E-state index is 5.83. The van der Waals surface area contributed by atoms with Gasteiger partial charge in [-0.3, -0.25) is 0 Å². The van der Waals surface area contributed by atoms with Gasteiger partial charge in [0, 0.05) is 10.0 Å². The Balaban J connectivity index is 2.32. The van der Waals surface area contributed by atoms with Crippen molar-refractivity contribution in [1.82, 2.24) is 10.3 Å². The Kier molecular flexibility index (Phi) is 4.19. The first-order chi connectivity index (χ1) is 8.61. The van der Waals surface area contributed by atoms with Crippen molar-refractivity contribution in [1.29, 1.82) is 0 Å². The molecule has 0 saturated heterocycles. The smallest absolute Gasteiger partial charge is 0.211 e. The molecule has 1 unspecified atom stereocenters. The average Bonchev–Trinajstić information content (AvgIpc) is 2.82. The van der Waals surface area contributed by atoms with E-state index >= 15 is 0 Å². The van der Waals surface area contributed by atoms with Crippen LogP contribution in [0.5, 0.6) is 0 Å². The van der Waals surface area contributed by atoms with Crippen molar-refractivity contribution >= 4 is 15.9 Å². The molecule has 0 radical (unpaired) electrons. The maximum absolute atomic E-state index is 5.83. The summed E-state index contributed by atoms with van der Waals surface area (Å²) in [7, 11) is 0. The first-order valence-electron chi connectivity index (χ1n) is 6.07. The van der Waals surface area contributed by atoms with Gasteiger partial charge in [0.1, 0.15) is 0 Å². The van der Waals surface area contributed by atoms with Crippen molar-refractivity contribution in [2.45, 2.75) is 26.8 Å². The van der Waals surface area contributed by atoms with E-state index in [0.29, 0.717) is 0 Å². The van der Waals surface area contributed by atoms with Crippen LogP contribution in [0, 0.1) is 6.92 Å². The van der Waals surface area contributed by atoms with E-state index in [4.69, 9.17) is 4.42 Å². The highest BCUT2D eigenvalue weighted by Gasteiger charge is 2.13. The summed E-state index contributed by atoms with van der Waals surface area (Å²) < 4.78 is 6.87. The molecule has 0 fully saturated rings. The Morgan fingerprint density at radius 3 is 2.94 bits per heavy atom. The van der Waals surface area contributed by atoms with Gasteiger partial charge in [0.2, 0.25) is 5.89 Å². The van der Waals surface area contributed by atoms with E-state index in [1.54, 1.807) is 6.20 Å². The molecular weight excluding hydrogens is 292 g/mol. The van der Waals surface area contributed by atoms with E-state index in [1.165, 1.54) is 5.56 Å². The number of nitrogens with one attached hydrogen (secondary N) is 1. The highest BCUT2D eigenvalue weighted by Crippen LogP contribution is 2.28. The number of hydrogen-bond acceptors (Lipinski definition) is 3. The second-order valence-electron chi connectivity index (χ2n) is 4.30. The Morgan fingerprint density at radius 2 is 2.22 bits per heavy atom. The van der Waals surface area contributed by atoms with Crippen LogP contribution < -0.4 is 5.32 Å². The van der Waals surface area contributed by atoms with E-state index in [1.807, 2.05) is 13.0 Å². The molecule has 1 aromatic heterocycles. The number of rotatable bonds is 4. The van der Waals surface area contributed by atoms with Gasteiger partial charge < -0.3 is 9.73 Å². The zero-order valence-corrected chi connectivity index (χ0v) is 12.4. The van der Waals surface area contributed by atoms with Crippen LogP contribution in [0.2, 0.25) is 0 Å². The van der Waals surface area contributed by atoms with E-state index in [2.05, 4.69) is 52.2 Å². The number of oxazole rings is 1. The summed E-state index contributed by atoms with van der Waals surface area (Å²) in [5.74, 6) is 1.54. The van der Waals surface area contributed by atoms with Crippen LogP contribution in [-0.2, 0) is 0 Å². The molecule has 2 rings (SSSR count). The molecule has 0 bridgehead atoms. The maximum Gasteiger partial charge on any atom is 0.211 e. The minimum atomic E-state index is 0.135. The van der Waals surface area contributed by atoms with Crippen LogP contribution in [0.1, 0.15) is 31.3 Å². The molecule has 0 spiro atoms. The van der Waals surface area contributed by atoms with Gasteiger partial charge in [0.25, 0.3) is 0 Å². The van der Waals surface area contributed by atoms with E-state index in [-0.39, 0.29) is 6.04 Å². The fourth-order valence-corrected chi connectivity index (χ4v) is 2.23. The number of benzene rings is 1. The van der Waals surface area contributed by atoms with Crippen molar-refractivity contribution in [3.8, 4) is 11.3 Å². The third-order valence-electron chi connectivity index (χ3n) is 2.87. The van der Waals surface area contributed by atoms with Gasteiger partial charge in [0.15, 0.2) is 5.76 Å². The highest BCUT2D eigenvalue weighted by molar-refractivity contribution is 9.10. The first-order valence-corrected chi connectivity index (χ1v) is 6.86. The Morgan fingerprint density at radius 1 is 1.44 bits per heavy atom.